The maximum Gasteiger partial charge on any atom is 0.145 e. The summed E-state index contributed by atoms with van der Waals surface area (Å²) in [6.45, 7) is 5.12. The van der Waals surface area contributed by atoms with Crippen LogP contribution in [0.25, 0.3) is 0 Å². The van der Waals surface area contributed by atoms with Gasteiger partial charge in [0.1, 0.15) is 10.5 Å². The van der Waals surface area contributed by atoms with E-state index in [2.05, 4.69) is 9.74 Å². The largest absolute Gasteiger partial charge is 0.428 e. The third kappa shape index (κ3) is 69.9. The van der Waals surface area contributed by atoms with Gasteiger partial charge in [0.15, 0.2) is 0 Å². The number of aliphatic hydroxyl groups excluding tert-OH is 2. The van der Waals surface area contributed by atoms with Crippen molar-refractivity contribution in [3.05, 3.63) is 0 Å². The summed E-state index contributed by atoms with van der Waals surface area (Å²) in [5.41, 5.74) is 0. The second kappa shape index (κ2) is 16.6. The summed E-state index contributed by atoms with van der Waals surface area (Å²) in [4.78, 5) is 0. The minimum atomic E-state index is -0.125. The van der Waals surface area contributed by atoms with Crippen LogP contribution in [0.3, 0.4) is 0 Å². The molecule has 5 heteroatoms. The molecule has 0 bridgehead atoms. The molecule has 0 unspecified atom stereocenters. The van der Waals surface area contributed by atoms with Gasteiger partial charge in [-0.1, -0.05) is 0 Å². The molecule has 0 aliphatic carbocycles. The lowest BCUT2D eigenvalue weighted by Crippen LogP contribution is -1.85. The molecule has 0 atom stereocenters. The fourth-order valence-corrected chi connectivity index (χ4v) is 0. The molecule has 11 heavy (non-hydrogen) atoms. The van der Waals surface area contributed by atoms with Crippen LogP contribution < -0.4 is 5.32 Å². The molecular weight excluding hydrogens is 162 g/mol. The van der Waals surface area contributed by atoms with E-state index in [-0.39, 0.29) is 13.2 Å². The summed E-state index contributed by atoms with van der Waals surface area (Å²) < 4.78 is 4.68. The predicted molar refractivity (Wildman–Crippen MR) is 48.6 cm³/mol. The highest BCUT2D eigenvalue weighted by Crippen LogP contribution is 1.65. The molecule has 1 heterocycles. The van der Waals surface area contributed by atoms with Gasteiger partial charge < -0.3 is 20.0 Å². The smallest absolute Gasteiger partial charge is 0.145 e. The van der Waals surface area contributed by atoms with Crippen LogP contribution in [0, 0.1) is 0 Å². The van der Waals surface area contributed by atoms with Crippen LogP contribution in [0.5, 0.6) is 0 Å². The van der Waals surface area contributed by atoms with Crippen LogP contribution in [0.15, 0.2) is 0 Å². The van der Waals surface area contributed by atoms with Gasteiger partial charge >= 0.3 is 0 Å². The third-order valence-corrected chi connectivity index (χ3v) is 1.22. The molecule has 0 saturated carbocycles. The summed E-state index contributed by atoms with van der Waals surface area (Å²) in [6.07, 6.45) is 0. The summed E-state index contributed by atoms with van der Waals surface area (Å²) in [6, 6.07) is 0. The summed E-state index contributed by atoms with van der Waals surface area (Å²) in [5.74, 6) is 0. The number of hydrogen-bond donors (Lipinski definition) is 3. The van der Waals surface area contributed by atoms with E-state index in [0.29, 0.717) is 0 Å². The van der Waals surface area contributed by atoms with Crippen molar-refractivity contribution >= 4 is 10.5 Å². The average molecular weight is 181 g/mol. The van der Waals surface area contributed by atoms with Gasteiger partial charge in [0.25, 0.3) is 0 Å². The van der Waals surface area contributed by atoms with Crippen molar-refractivity contribution in [1.82, 2.24) is 5.32 Å². The van der Waals surface area contributed by atoms with Crippen molar-refractivity contribution in [2.24, 2.45) is 0 Å². The predicted octanol–water partition coefficient (Wildman–Crippen LogP) is -2.14. The molecule has 0 spiro atoms. The normalized spacial score (nSPS) is 12.3. The summed E-state index contributed by atoms with van der Waals surface area (Å²) >= 11 is 0. The van der Waals surface area contributed by atoms with Crippen molar-refractivity contribution in [2.45, 2.75) is 6.92 Å². The van der Waals surface area contributed by atoms with E-state index in [0.717, 1.165) is 17.1 Å². The van der Waals surface area contributed by atoms with E-state index >= 15 is 0 Å². The lowest BCUT2D eigenvalue weighted by molar-refractivity contribution is 0.186. The Hall–Kier alpha value is 0.0569. The molecule has 0 aromatic heterocycles. The zero-order chi connectivity index (χ0) is 8.95. The van der Waals surface area contributed by atoms with Gasteiger partial charge in [0.2, 0.25) is 0 Å². The zero-order valence-corrected chi connectivity index (χ0v) is 9.34. The van der Waals surface area contributed by atoms with E-state index in [4.69, 9.17) is 10.2 Å². The van der Waals surface area contributed by atoms with Gasteiger partial charge in [-0.2, -0.15) is 0 Å². The Balaban J connectivity index is 0. The van der Waals surface area contributed by atoms with E-state index in [9.17, 15) is 0 Å². The molecule has 0 radical (unpaired) electrons. The molecule has 0 aromatic carbocycles. The molecule has 1 aliphatic rings. The van der Waals surface area contributed by atoms with E-state index < -0.39 is 0 Å². The molecule has 1 rings (SSSR count). The van der Waals surface area contributed by atoms with Crippen molar-refractivity contribution in [3.63, 3.8) is 0 Å². The van der Waals surface area contributed by atoms with Crippen molar-refractivity contribution in [1.29, 1.82) is 0 Å². The lowest BCUT2D eigenvalue weighted by Gasteiger charge is -1.77. The average Bonchev–Trinajstić information content (AvgIpc) is 2.90. The molecule has 70 valence electrons. The molecule has 1 fully saturated rings. The Morgan fingerprint density at radius 2 is 1.64 bits per heavy atom. The lowest BCUT2D eigenvalue weighted by atomic mass is 10.8. The first-order valence-corrected chi connectivity index (χ1v) is 4.56. The second-order valence-electron chi connectivity index (χ2n) is 1.77. The minimum Gasteiger partial charge on any atom is -0.428 e. The van der Waals surface area contributed by atoms with Crippen molar-refractivity contribution in [2.75, 3.05) is 32.9 Å². The van der Waals surface area contributed by atoms with Gasteiger partial charge in [0.05, 0.1) is 13.2 Å². The summed E-state index contributed by atoms with van der Waals surface area (Å²) in [5, 5.41) is 18.2. The number of hydrogen-bond acceptors (Lipinski definition) is 4. The molecule has 1 aliphatic heterocycles. The quantitative estimate of drug-likeness (QED) is 0.336. The molecule has 0 aromatic rings. The first-order chi connectivity index (χ1) is 5.33. The van der Waals surface area contributed by atoms with Crippen LogP contribution in [0.1, 0.15) is 6.92 Å². The monoisotopic (exact) mass is 181 g/mol. The highest BCUT2D eigenvalue weighted by molar-refractivity contribution is 5.97. The molecule has 4 nitrogen and oxygen atoms in total. The van der Waals surface area contributed by atoms with Crippen LogP contribution in [-0.2, 0) is 4.43 Å². The van der Waals surface area contributed by atoms with Crippen molar-refractivity contribution in [3.8, 4) is 0 Å². The maximum atomic E-state index is 7.62. The standard InChI is InChI=1S/C2H5N.C2H6O2.C2H8OSi/c1-2-3-1;3-1-2-4;1-2-3-4/h3H,1-2H2;3-4H,1-2H2;2H2,1,4H3. The number of aliphatic hydroxyl groups is 2. The van der Waals surface area contributed by atoms with E-state index in [1.807, 2.05) is 6.92 Å². The van der Waals surface area contributed by atoms with Crippen LogP contribution in [0.4, 0.5) is 0 Å². The van der Waals surface area contributed by atoms with Gasteiger partial charge in [-0.05, 0) is 6.92 Å². The SMILES string of the molecule is C1CN1.CCO[SiH3].OCCO. The van der Waals surface area contributed by atoms with Crippen LogP contribution in [0.2, 0.25) is 0 Å². The number of nitrogens with one attached hydrogen (secondary N) is 1. The molecular formula is C6H19NO3Si. The van der Waals surface area contributed by atoms with E-state index in [1.54, 1.807) is 0 Å². The van der Waals surface area contributed by atoms with Crippen LogP contribution >= 0.6 is 0 Å². The highest BCUT2D eigenvalue weighted by atomic mass is 28.2. The fourth-order valence-electron chi connectivity index (χ4n) is 0. The molecule has 3 N–H and O–H groups in total. The Morgan fingerprint density at radius 1 is 1.36 bits per heavy atom. The Morgan fingerprint density at radius 3 is 1.64 bits per heavy atom. The number of rotatable bonds is 2. The fraction of sp³-hybridized carbons (Fsp3) is 1.00. The highest BCUT2D eigenvalue weighted by Gasteiger charge is 1.91. The topological polar surface area (TPSA) is 71.6 Å². The Bertz CT molecular complexity index is 44.3. The maximum absolute atomic E-state index is 7.62. The van der Waals surface area contributed by atoms with Gasteiger partial charge in [0, 0.05) is 19.7 Å². The van der Waals surface area contributed by atoms with E-state index in [1.165, 1.54) is 13.1 Å². The Kier molecular flexibility index (Phi) is 20.5. The minimum absolute atomic E-state index is 0.125. The second-order valence-corrected chi connectivity index (χ2v) is 2.35. The molecule has 0 amide bonds. The Labute approximate surface area is 71.1 Å². The zero-order valence-electron chi connectivity index (χ0n) is 7.34. The van der Waals surface area contributed by atoms with Crippen LogP contribution in [-0.4, -0.2) is 53.6 Å². The first kappa shape index (κ1) is 13.6. The van der Waals surface area contributed by atoms with Gasteiger partial charge in [-0.15, -0.1) is 0 Å². The first-order valence-electron chi connectivity index (χ1n) is 3.74. The van der Waals surface area contributed by atoms with Gasteiger partial charge in [-0.3, -0.25) is 0 Å². The van der Waals surface area contributed by atoms with Gasteiger partial charge in [-0.25, -0.2) is 0 Å². The third-order valence-electron chi connectivity index (χ3n) is 0.639. The van der Waals surface area contributed by atoms with Crippen molar-refractivity contribution < 1.29 is 14.6 Å². The summed E-state index contributed by atoms with van der Waals surface area (Å²) in [7, 11) is 0.890. The molecule has 1 saturated heterocycles.